The average molecular weight is 314 g/mol. The van der Waals surface area contributed by atoms with Gasteiger partial charge >= 0.3 is 0 Å². The van der Waals surface area contributed by atoms with Crippen LogP contribution in [0.5, 0.6) is 0 Å². The number of amides is 1. The Morgan fingerprint density at radius 3 is 2.87 bits per heavy atom. The lowest BCUT2D eigenvalue weighted by Crippen LogP contribution is -2.31. The van der Waals surface area contributed by atoms with Crippen LogP contribution in [0, 0.1) is 5.41 Å². The van der Waals surface area contributed by atoms with Crippen molar-refractivity contribution in [1.82, 2.24) is 24.2 Å². The standard InChI is InChI=1S/C16H22N6O/c1-19-6-4-17-14(19)10-21-5-3-16(11-21)7-15(23)22(12-16)13-8-18-20(2)9-13/h4,6,8-9H,3,5,7,10-12H2,1-2H3/t16-/m0/s1. The van der Waals surface area contributed by atoms with Crippen molar-refractivity contribution in [1.29, 1.82) is 0 Å². The maximum absolute atomic E-state index is 12.5. The summed E-state index contributed by atoms with van der Waals surface area (Å²) in [7, 11) is 3.90. The lowest BCUT2D eigenvalue weighted by Gasteiger charge is -2.23. The maximum atomic E-state index is 12.5. The highest BCUT2D eigenvalue weighted by molar-refractivity contribution is 5.96. The first kappa shape index (κ1) is 14.4. The Hall–Kier alpha value is -2.15. The van der Waals surface area contributed by atoms with Crippen LogP contribution in [0.15, 0.2) is 24.8 Å². The van der Waals surface area contributed by atoms with Crippen LogP contribution in [-0.2, 0) is 25.4 Å². The molecule has 2 aliphatic rings. The van der Waals surface area contributed by atoms with E-state index >= 15 is 0 Å². The molecule has 122 valence electrons. The van der Waals surface area contributed by atoms with Crippen LogP contribution < -0.4 is 4.90 Å². The third-order valence-electron chi connectivity index (χ3n) is 5.13. The zero-order valence-electron chi connectivity index (χ0n) is 13.6. The molecule has 2 aliphatic heterocycles. The molecule has 4 rings (SSSR count). The number of likely N-dealkylation sites (tertiary alicyclic amines) is 1. The molecule has 1 atom stereocenters. The van der Waals surface area contributed by atoms with Crippen molar-refractivity contribution in [2.24, 2.45) is 19.5 Å². The Balaban J connectivity index is 1.46. The van der Waals surface area contributed by atoms with Gasteiger partial charge in [-0.1, -0.05) is 0 Å². The maximum Gasteiger partial charge on any atom is 0.227 e. The third-order valence-corrected chi connectivity index (χ3v) is 5.13. The molecule has 7 heteroatoms. The fourth-order valence-corrected chi connectivity index (χ4v) is 3.86. The molecule has 1 spiro atoms. The van der Waals surface area contributed by atoms with Crippen LogP contribution in [0.3, 0.4) is 0 Å². The molecule has 4 heterocycles. The van der Waals surface area contributed by atoms with Gasteiger partial charge in [-0.3, -0.25) is 14.4 Å². The van der Waals surface area contributed by atoms with Crippen LogP contribution in [-0.4, -0.2) is 49.8 Å². The summed E-state index contributed by atoms with van der Waals surface area (Å²) in [5.41, 5.74) is 0.995. The second-order valence-corrected chi connectivity index (χ2v) is 6.94. The Morgan fingerprint density at radius 2 is 2.17 bits per heavy atom. The van der Waals surface area contributed by atoms with Crippen molar-refractivity contribution in [2.75, 3.05) is 24.5 Å². The Labute approximate surface area is 135 Å². The van der Waals surface area contributed by atoms with Crippen molar-refractivity contribution >= 4 is 11.6 Å². The molecule has 0 aliphatic carbocycles. The number of nitrogens with zero attached hydrogens (tertiary/aromatic N) is 6. The van der Waals surface area contributed by atoms with Crippen LogP contribution >= 0.6 is 0 Å². The molecule has 0 N–H and O–H groups in total. The van der Waals surface area contributed by atoms with Crippen molar-refractivity contribution in [3.63, 3.8) is 0 Å². The topological polar surface area (TPSA) is 59.2 Å². The smallest absolute Gasteiger partial charge is 0.227 e. The summed E-state index contributed by atoms with van der Waals surface area (Å²) in [6, 6.07) is 0. The van der Waals surface area contributed by atoms with E-state index in [1.165, 1.54) is 0 Å². The molecule has 0 unspecified atom stereocenters. The highest BCUT2D eigenvalue weighted by Crippen LogP contribution is 2.42. The third kappa shape index (κ3) is 2.55. The molecule has 0 aromatic carbocycles. The van der Waals surface area contributed by atoms with Gasteiger partial charge in [-0.2, -0.15) is 5.10 Å². The van der Waals surface area contributed by atoms with Crippen molar-refractivity contribution in [2.45, 2.75) is 19.4 Å². The van der Waals surface area contributed by atoms with Crippen LogP contribution in [0.2, 0.25) is 0 Å². The number of carbonyl (C=O) groups excluding carboxylic acids is 1. The summed E-state index contributed by atoms with van der Waals surface area (Å²) in [5.74, 6) is 1.30. The molecule has 7 nitrogen and oxygen atoms in total. The number of hydrogen-bond acceptors (Lipinski definition) is 4. The van der Waals surface area contributed by atoms with Gasteiger partial charge < -0.3 is 9.47 Å². The second-order valence-electron chi connectivity index (χ2n) is 6.94. The van der Waals surface area contributed by atoms with E-state index in [-0.39, 0.29) is 11.3 Å². The van der Waals surface area contributed by atoms with E-state index in [1.54, 1.807) is 10.9 Å². The number of aromatic nitrogens is 4. The Bertz CT molecular complexity index is 735. The van der Waals surface area contributed by atoms with Crippen molar-refractivity contribution < 1.29 is 4.79 Å². The van der Waals surface area contributed by atoms with Gasteiger partial charge in [-0.25, -0.2) is 4.98 Å². The molecule has 0 radical (unpaired) electrons. The van der Waals surface area contributed by atoms with Gasteiger partial charge in [-0.05, 0) is 13.0 Å². The molecule has 2 aromatic heterocycles. The van der Waals surface area contributed by atoms with E-state index in [4.69, 9.17) is 0 Å². The van der Waals surface area contributed by atoms with Gasteiger partial charge in [0, 0.05) is 57.6 Å². The summed E-state index contributed by atoms with van der Waals surface area (Å²) >= 11 is 0. The van der Waals surface area contributed by atoms with Gasteiger partial charge in [0.1, 0.15) is 5.82 Å². The summed E-state index contributed by atoms with van der Waals surface area (Å²) in [6.45, 7) is 3.64. The SMILES string of the molecule is Cn1cc(N2C[C@@]3(CCN(Cc4nccn4C)C3)CC2=O)cn1. The number of hydrogen-bond donors (Lipinski definition) is 0. The van der Waals surface area contributed by atoms with E-state index in [9.17, 15) is 4.79 Å². The average Bonchev–Trinajstić information content (AvgIpc) is 3.24. The predicted molar refractivity (Wildman–Crippen MR) is 85.7 cm³/mol. The van der Waals surface area contributed by atoms with E-state index in [0.717, 1.165) is 44.1 Å². The molecule has 0 bridgehead atoms. The van der Waals surface area contributed by atoms with Gasteiger partial charge in [0.25, 0.3) is 0 Å². The number of carbonyl (C=O) groups is 1. The summed E-state index contributed by atoms with van der Waals surface area (Å²) in [4.78, 5) is 21.2. The first-order valence-corrected chi connectivity index (χ1v) is 8.02. The van der Waals surface area contributed by atoms with Crippen molar-refractivity contribution in [3.8, 4) is 0 Å². The van der Waals surface area contributed by atoms with E-state index in [1.807, 2.05) is 37.6 Å². The first-order chi connectivity index (χ1) is 11.0. The lowest BCUT2D eigenvalue weighted by atomic mass is 9.86. The van der Waals surface area contributed by atoms with E-state index in [2.05, 4.69) is 19.5 Å². The Morgan fingerprint density at radius 1 is 1.30 bits per heavy atom. The molecule has 0 saturated carbocycles. The first-order valence-electron chi connectivity index (χ1n) is 8.02. The predicted octanol–water partition coefficient (Wildman–Crippen LogP) is 0.783. The molecular weight excluding hydrogens is 292 g/mol. The van der Waals surface area contributed by atoms with Gasteiger partial charge in [0.15, 0.2) is 0 Å². The number of aryl methyl sites for hydroxylation is 2. The molecule has 2 aromatic rings. The highest BCUT2D eigenvalue weighted by Gasteiger charge is 2.48. The minimum atomic E-state index is 0.0814. The van der Waals surface area contributed by atoms with Crippen LogP contribution in [0.4, 0.5) is 5.69 Å². The van der Waals surface area contributed by atoms with Crippen LogP contribution in [0.1, 0.15) is 18.7 Å². The minimum absolute atomic E-state index is 0.0814. The fraction of sp³-hybridized carbons (Fsp3) is 0.562. The molecular formula is C16H22N6O. The molecule has 2 saturated heterocycles. The van der Waals surface area contributed by atoms with Gasteiger partial charge in [0.2, 0.25) is 5.91 Å². The highest BCUT2D eigenvalue weighted by atomic mass is 16.2. The van der Waals surface area contributed by atoms with Crippen molar-refractivity contribution in [3.05, 3.63) is 30.6 Å². The van der Waals surface area contributed by atoms with Gasteiger partial charge in [0.05, 0.1) is 18.4 Å². The number of rotatable bonds is 3. The zero-order chi connectivity index (χ0) is 16.0. The Kier molecular flexibility index (Phi) is 3.26. The fourth-order valence-electron chi connectivity index (χ4n) is 3.86. The molecule has 2 fully saturated rings. The molecule has 1 amide bonds. The number of imidazole rings is 1. The van der Waals surface area contributed by atoms with Gasteiger partial charge in [-0.15, -0.1) is 0 Å². The second kappa shape index (κ2) is 5.19. The quantitative estimate of drug-likeness (QED) is 0.840. The monoisotopic (exact) mass is 314 g/mol. The summed E-state index contributed by atoms with van der Waals surface area (Å²) < 4.78 is 3.81. The number of anilines is 1. The molecule has 23 heavy (non-hydrogen) atoms. The largest absolute Gasteiger partial charge is 0.337 e. The normalized spacial score (nSPS) is 25.1. The summed E-state index contributed by atoms with van der Waals surface area (Å²) in [6.07, 6.45) is 9.21. The van der Waals surface area contributed by atoms with E-state index < -0.39 is 0 Å². The van der Waals surface area contributed by atoms with Crippen LogP contribution in [0.25, 0.3) is 0 Å². The lowest BCUT2D eigenvalue weighted by molar-refractivity contribution is -0.117. The summed E-state index contributed by atoms with van der Waals surface area (Å²) in [5, 5.41) is 4.19. The van der Waals surface area contributed by atoms with E-state index in [0.29, 0.717) is 6.42 Å². The minimum Gasteiger partial charge on any atom is -0.337 e. The zero-order valence-corrected chi connectivity index (χ0v) is 13.6.